The summed E-state index contributed by atoms with van der Waals surface area (Å²) in [4.78, 5) is 56.3. The Morgan fingerprint density at radius 3 is 0.981 bits per heavy atom. The van der Waals surface area contributed by atoms with Crippen LogP contribution in [0.1, 0.15) is 41.4 Å². The molecule has 0 fully saturated rings. The lowest BCUT2D eigenvalue weighted by Gasteiger charge is -2.30. The van der Waals surface area contributed by atoms with Crippen LogP contribution in [-0.4, -0.2) is 49.6 Å². The highest BCUT2D eigenvalue weighted by atomic mass is 35.5. The van der Waals surface area contributed by atoms with E-state index in [2.05, 4.69) is 0 Å². The van der Waals surface area contributed by atoms with Crippen molar-refractivity contribution >= 4 is 122 Å². The molecule has 2 aliphatic heterocycles. The van der Waals surface area contributed by atoms with E-state index >= 15 is 0 Å². The second-order valence-corrected chi connectivity index (χ2v) is 15.8. The molecule has 7 aromatic rings. The maximum Gasteiger partial charge on any atom is 0.296 e. The van der Waals surface area contributed by atoms with Crippen molar-refractivity contribution in [3.05, 3.63) is 117 Å². The first kappa shape index (κ1) is 32.4. The van der Waals surface area contributed by atoms with Crippen molar-refractivity contribution in [2.75, 3.05) is 9.80 Å². The molecule has 0 saturated heterocycles. The molecule has 9 rings (SSSR count). The molecule has 0 aliphatic carbocycles. The Balaban J connectivity index is 1.25. The SMILES string of the molecule is O=C1c2ccc3c4ccc5c6c(ccc(c7ccc(c2c37)C(=O)N1c1ccc(Cl)c(S(=O)(=O)O)c1)c64)C(=O)N(c1ccc(Cl)c(S(=O)(=O)O)c1)C5=O. The minimum Gasteiger partial charge on any atom is -0.282 e. The molecule has 7 aromatic carbocycles. The maximum absolute atomic E-state index is 14.0. The summed E-state index contributed by atoms with van der Waals surface area (Å²) < 4.78 is 67.1. The van der Waals surface area contributed by atoms with Crippen LogP contribution >= 0.6 is 23.2 Å². The minimum atomic E-state index is -4.78. The van der Waals surface area contributed by atoms with Gasteiger partial charge in [0.1, 0.15) is 9.79 Å². The van der Waals surface area contributed by atoms with Gasteiger partial charge in [0.2, 0.25) is 0 Å². The molecule has 0 spiro atoms. The fraction of sp³-hybridized carbons (Fsp3) is 0. The third-order valence-corrected chi connectivity index (χ3v) is 12.2. The predicted molar refractivity (Wildman–Crippen MR) is 192 cm³/mol. The van der Waals surface area contributed by atoms with Crippen LogP contribution in [-0.2, 0) is 20.2 Å². The lowest BCUT2D eigenvalue weighted by molar-refractivity contribution is 0.0877. The van der Waals surface area contributed by atoms with Crippen LogP contribution in [0.3, 0.4) is 0 Å². The van der Waals surface area contributed by atoms with Crippen molar-refractivity contribution in [2.24, 2.45) is 0 Å². The standard InChI is InChI=1S/C36H16Cl2N2O10S2/c37-25-11-1-15(13-27(25)51(45,46)47)39-33(41)21-7-3-17-19-5-9-23-32-24(10-6-20(30(19)32)18-4-8-22(34(39)42)31(21)29(17)18)36(44)40(35(23)43)16-2-12-26(38)28(14-16)52(48,49)50/h1-14H,(H,45,46,47)(H,48,49,50). The van der Waals surface area contributed by atoms with Crippen LogP contribution in [0.2, 0.25) is 10.0 Å². The van der Waals surface area contributed by atoms with Gasteiger partial charge in [0.25, 0.3) is 43.9 Å². The number of carbonyl (C=O) groups is 4. The number of hydrogen-bond donors (Lipinski definition) is 2. The van der Waals surface area contributed by atoms with Gasteiger partial charge in [-0.2, -0.15) is 16.8 Å². The van der Waals surface area contributed by atoms with Gasteiger partial charge >= 0.3 is 0 Å². The number of carbonyl (C=O) groups excluding carboxylic acids is 4. The Hall–Kier alpha value is -5.48. The van der Waals surface area contributed by atoms with E-state index in [1.54, 1.807) is 24.3 Å². The van der Waals surface area contributed by atoms with Crippen LogP contribution in [0, 0.1) is 0 Å². The van der Waals surface area contributed by atoms with Gasteiger partial charge in [-0.3, -0.25) is 28.3 Å². The summed E-state index contributed by atoms with van der Waals surface area (Å²) in [5, 5.41) is 3.78. The number of benzene rings is 7. The third kappa shape index (κ3) is 4.27. The van der Waals surface area contributed by atoms with Crippen molar-refractivity contribution in [3.63, 3.8) is 0 Å². The van der Waals surface area contributed by atoms with Gasteiger partial charge in [-0.25, -0.2) is 9.80 Å². The Bertz CT molecular complexity index is 2810. The number of rotatable bonds is 4. The molecule has 2 aliphatic rings. The Labute approximate surface area is 302 Å². The zero-order valence-corrected chi connectivity index (χ0v) is 28.9. The van der Waals surface area contributed by atoms with E-state index in [-0.39, 0.29) is 43.7 Å². The second kappa shape index (κ2) is 10.5. The Kier molecular flexibility index (Phi) is 6.57. The van der Waals surface area contributed by atoms with E-state index in [1.807, 2.05) is 0 Å². The van der Waals surface area contributed by atoms with Crippen molar-refractivity contribution in [1.29, 1.82) is 0 Å². The topological polar surface area (TPSA) is 184 Å². The minimum absolute atomic E-state index is 0.119. The van der Waals surface area contributed by atoms with Crippen LogP contribution in [0.4, 0.5) is 11.4 Å². The Morgan fingerprint density at radius 2 is 0.712 bits per heavy atom. The zero-order valence-electron chi connectivity index (χ0n) is 25.7. The first-order valence-electron chi connectivity index (χ1n) is 15.1. The van der Waals surface area contributed by atoms with Gasteiger partial charge in [0.05, 0.1) is 21.4 Å². The molecule has 4 amide bonds. The largest absolute Gasteiger partial charge is 0.296 e. The number of imide groups is 2. The number of nitrogens with zero attached hydrogens (tertiary/aromatic N) is 2. The summed E-state index contributed by atoms with van der Waals surface area (Å²) in [6, 6.07) is 19.7. The summed E-state index contributed by atoms with van der Waals surface area (Å²) in [5.41, 5.74) is 0.377. The van der Waals surface area contributed by atoms with E-state index in [0.29, 0.717) is 43.1 Å². The van der Waals surface area contributed by atoms with E-state index in [1.165, 1.54) is 36.4 Å². The molecular formula is C36H16Cl2N2O10S2. The van der Waals surface area contributed by atoms with Gasteiger partial charge in [-0.05, 0) is 93.0 Å². The highest BCUT2D eigenvalue weighted by Gasteiger charge is 2.38. The molecule has 256 valence electrons. The molecule has 16 heteroatoms. The lowest BCUT2D eigenvalue weighted by atomic mass is 9.82. The summed E-state index contributed by atoms with van der Waals surface area (Å²) in [7, 11) is -9.57. The van der Waals surface area contributed by atoms with Crippen LogP contribution < -0.4 is 9.80 Å². The fourth-order valence-corrected chi connectivity index (χ4v) is 9.38. The third-order valence-electron chi connectivity index (χ3n) is 9.54. The highest BCUT2D eigenvalue weighted by Crippen LogP contribution is 2.47. The van der Waals surface area contributed by atoms with Gasteiger partial charge in [0, 0.05) is 33.0 Å². The molecule has 2 heterocycles. The Morgan fingerprint density at radius 1 is 0.423 bits per heavy atom. The molecule has 12 nitrogen and oxygen atoms in total. The van der Waals surface area contributed by atoms with E-state index in [4.69, 9.17) is 23.2 Å². The van der Waals surface area contributed by atoms with Gasteiger partial charge in [-0.15, -0.1) is 0 Å². The molecule has 0 bridgehead atoms. The first-order chi connectivity index (χ1) is 24.6. The summed E-state index contributed by atoms with van der Waals surface area (Å²) in [6.07, 6.45) is 0. The van der Waals surface area contributed by atoms with Crippen LogP contribution in [0.15, 0.2) is 94.7 Å². The fourth-order valence-electron chi connectivity index (χ4n) is 7.39. The molecule has 2 N–H and O–H groups in total. The van der Waals surface area contributed by atoms with E-state index in [0.717, 1.165) is 34.1 Å². The maximum atomic E-state index is 14.0. The normalized spacial score (nSPS) is 14.9. The number of hydrogen-bond acceptors (Lipinski definition) is 8. The number of halogens is 2. The molecule has 0 unspecified atom stereocenters. The first-order valence-corrected chi connectivity index (χ1v) is 18.7. The van der Waals surface area contributed by atoms with Crippen molar-refractivity contribution < 1.29 is 45.1 Å². The molecule has 0 aromatic heterocycles. The monoisotopic (exact) mass is 770 g/mol. The van der Waals surface area contributed by atoms with E-state index < -0.39 is 53.7 Å². The van der Waals surface area contributed by atoms with Crippen molar-refractivity contribution in [2.45, 2.75) is 9.79 Å². The number of anilines is 2. The molecular weight excluding hydrogens is 755 g/mol. The average molecular weight is 772 g/mol. The van der Waals surface area contributed by atoms with Crippen LogP contribution in [0.5, 0.6) is 0 Å². The zero-order chi connectivity index (χ0) is 36.8. The van der Waals surface area contributed by atoms with Gasteiger partial charge in [0.15, 0.2) is 0 Å². The number of amides is 4. The molecule has 0 radical (unpaired) electrons. The highest BCUT2D eigenvalue weighted by molar-refractivity contribution is 7.86. The second-order valence-electron chi connectivity index (χ2n) is 12.2. The summed E-state index contributed by atoms with van der Waals surface area (Å²) >= 11 is 12.0. The lowest BCUT2D eigenvalue weighted by Crippen LogP contribution is -2.40. The molecule has 52 heavy (non-hydrogen) atoms. The van der Waals surface area contributed by atoms with E-state index in [9.17, 15) is 45.1 Å². The summed E-state index contributed by atoms with van der Waals surface area (Å²) in [6.45, 7) is 0. The quantitative estimate of drug-likeness (QED) is 0.0807. The van der Waals surface area contributed by atoms with Gasteiger partial charge < -0.3 is 0 Å². The van der Waals surface area contributed by atoms with Crippen molar-refractivity contribution in [3.8, 4) is 0 Å². The smallest absolute Gasteiger partial charge is 0.282 e. The van der Waals surface area contributed by atoms with Crippen LogP contribution in [0.25, 0.3) is 43.1 Å². The predicted octanol–water partition coefficient (Wildman–Crippen LogP) is 7.14. The van der Waals surface area contributed by atoms with Crippen molar-refractivity contribution in [1.82, 2.24) is 0 Å². The van der Waals surface area contributed by atoms with Gasteiger partial charge in [-0.1, -0.05) is 47.5 Å². The molecule has 0 saturated carbocycles. The molecule has 0 atom stereocenters. The average Bonchev–Trinajstić information content (AvgIpc) is 3.09. The summed E-state index contributed by atoms with van der Waals surface area (Å²) in [5.74, 6) is -2.96. The number of fused-ring (bicyclic) bond motifs is 2.